The minimum absolute atomic E-state index is 1.01. The molecular weight excluding hydrogens is 468 g/mol. The second kappa shape index (κ2) is 15.5. The Morgan fingerprint density at radius 2 is 0.641 bits per heavy atom. The molecule has 0 radical (unpaired) electrons. The molecule has 0 N–H and O–H groups in total. The Bertz CT molecular complexity index is 1220. The van der Waals surface area contributed by atoms with Gasteiger partial charge < -0.3 is 0 Å². The molecule has 0 aliphatic rings. The summed E-state index contributed by atoms with van der Waals surface area (Å²) in [5.74, 6) is 0. The molecular formula is C39H48. The predicted octanol–water partition coefficient (Wildman–Crippen LogP) is 10.5. The third kappa shape index (κ3) is 8.18. The number of hydrogen-bond donors (Lipinski definition) is 0. The minimum Gasteiger partial charge on any atom is -0.0654 e. The molecule has 0 heteroatoms. The lowest BCUT2D eigenvalue weighted by Gasteiger charge is -2.19. The van der Waals surface area contributed by atoms with E-state index in [1.807, 2.05) is 0 Å². The van der Waals surface area contributed by atoms with E-state index in [1.54, 1.807) is 0 Å². The third-order valence-corrected chi connectivity index (χ3v) is 8.25. The van der Waals surface area contributed by atoms with Crippen molar-refractivity contribution < 1.29 is 0 Å². The zero-order valence-electron chi connectivity index (χ0n) is 24.6. The summed E-state index contributed by atoms with van der Waals surface area (Å²) in [4.78, 5) is 0. The van der Waals surface area contributed by atoms with E-state index in [0.29, 0.717) is 0 Å². The maximum Gasteiger partial charge on any atom is -0.00173 e. The summed E-state index contributed by atoms with van der Waals surface area (Å²) in [5.41, 5.74) is 13.6. The molecule has 0 saturated heterocycles. The quantitative estimate of drug-likeness (QED) is 0.147. The van der Waals surface area contributed by atoms with Crippen LogP contribution in [0, 0.1) is 0 Å². The van der Waals surface area contributed by atoms with Crippen molar-refractivity contribution in [2.75, 3.05) is 0 Å². The summed E-state index contributed by atoms with van der Waals surface area (Å²) in [6.45, 7) is 6.87. The SMILES string of the molecule is CCCCc1ccccc1Cc1cccc(Cc2ccccc2CCCC)c1Cc1ccccc1CCCC. The monoisotopic (exact) mass is 516 g/mol. The molecule has 0 fully saturated rings. The van der Waals surface area contributed by atoms with Gasteiger partial charge in [0.15, 0.2) is 0 Å². The lowest BCUT2D eigenvalue weighted by molar-refractivity contribution is 0.785. The van der Waals surface area contributed by atoms with Crippen LogP contribution in [0.15, 0.2) is 91.0 Å². The molecule has 0 saturated carbocycles. The molecule has 39 heavy (non-hydrogen) atoms. The van der Waals surface area contributed by atoms with Crippen LogP contribution in [0.4, 0.5) is 0 Å². The van der Waals surface area contributed by atoms with Crippen molar-refractivity contribution in [2.24, 2.45) is 0 Å². The molecule has 4 aromatic carbocycles. The van der Waals surface area contributed by atoms with Gasteiger partial charge in [-0.2, -0.15) is 0 Å². The second-order valence-corrected chi connectivity index (χ2v) is 11.2. The average Bonchev–Trinajstić information content (AvgIpc) is 2.97. The van der Waals surface area contributed by atoms with E-state index in [4.69, 9.17) is 0 Å². The van der Waals surface area contributed by atoms with Crippen molar-refractivity contribution in [1.29, 1.82) is 0 Å². The molecule has 0 aliphatic carbocycles. The number of hydrogen-bond acceptors (Lipinski definition) is 0. The van der Waals surface area contributed by atoms with Crippen LogP contribution >= 0.6 is 0 Å². The first-order chi connectivity index (χ1) is 19.2. The van der Waals surface area contributed by atoms with Crippen LogP contribution in [-0.2, 0) is 38.5 Å². The van der Waals surface area contributed by atoms with Gasteiger partial charge in [0.05, 0.1) is 0 Å². The smallest absolute Gasteiger partial charge is 0.00173 e. The summed E-state index contributed by atoms with van der Waals surface area (Å²) in [5, 5.41) is 0. The fraction of sp³-hybridized carbons (Fsp3) is 0.385. The van der Waals surface area contributed by atoms with Gasteiger partial charge in [0.1, 0.15) is 0 Å². The molecule has 0 bridgehead atoms. The molecule has 0 nitrogen and oxygen atoms in total. The zero-order chi connectivity index (χ0) is 27.3. The van der Waals surface area contributed by atoms with Crippen molar-refractivity contribution in [1.82, 2.24) is 0 Å². The molecule has 204 valence electrons. The van der Waals surface area contributed by atoms with E-state index in [-0.39, 0.29) is 0 Å². The van der Waals surface area contributed by atoms with E-state index in [1.165, 1.54) is 108 Å². The fourth-order valence-electron chi connectivity index (χ4n) is 5.87. The van der Waals surface area contributed by atoms with Crippen molar-refractivity contribution in [3.63, 3.8) is 0 Å². The Morgan fingerprint density at radius 1 is 0.333 bits per heavy atom. The molecule has 4 rings (SSSR count). The van der Waals surface area contributed by atoms with Crippen molar-refractivity contribution in [2.45, 2.75) is 97.8 Å². The predicted molar refractivity (Wildman–Crippen MR) is 170 cm³/mol. The van der Waals surface area contributed by atoms with Gasteiger partial charge >= 0.3 is 0 Å². The topological polar surface area (TPSA) is 0 Å². The summed E-state index contributed by atoms with van der Waals surface area (Å²) in [6.07, 6.45) is 14.0. The minimum atomic E-state index is 1.01. The van der Waals surface area contributed by atoms with Gasteiger partial charge in [-0.25, -0.2) is 0 Å². The molecule has 0 unspecified atom stereocenters. The molecule has 4 aromatic rings. The Kier molecular flexibility index (Phi) is 11.5. The standard InChI is InChI=1S/C39H48/c1-4-7-17-31-20-10-13-23-34(31)28-37-26-16-27-38(29-35-24-14-11-21-32(35)18-8-5-2)39(37)30-36-25-15-12-22-33(36)19-9-6-3/h10-16,20-27H,4-9,17-19,28-30H2,1-3H3. The first kappa shape index (κ1) is 28.9. The Balaban J connectivity index is 1.75. The lowest BCUT2D eigenvalue weighted by atomic mass is 9.85. The van der Waals surface area contributed by atoms with E-state index in [0.717, 1.165) is 19.3 Å². The molecule has 0 atom stereocenters. The fourth-order valence-corrected chi connectivity index (χ4v) is 5.87. The van der Waals surface area contributed by atoms with E-state index in [9.17, 15) is 0 Å². The Morgan fingerprint density at radius 3 is 1.00 bits per heavy atom. The number of rotatable bonds is 15. The molecule has 0 aromatic heterocycles. The van der Waals surface area contributed by atoms with Gasteiger partial charge in [-0.05, 0) is 108 Å². The highest BCUT2D eigenvalue weighted by Crippen LogP contribution is 2.28. The molecule has 0 amide bonds. The van der Waals surface area contributed by atoms with Crippen molar-refractivity contribution >= 4 is 0 Å². The van der Waals surface area contributed by atoms with Crippen LogP contribution in [0.25, 0.3) is 0 Å². The second-order valence-electron chi connectivity index (χ2n) is 11.2. The zero-order valence-corrected chi connectivity index (χ0v) is 24.6. The van der Waals surface area contributed by atoms with Crippen LogP contribution in [0.2, 0.25) is 0 Å². The largest absolute Gasteiger partial charge is 0.0654 e. The van der Waals surface area contributed by atoms with Crippen LogP contribution < -0.4 is 0 Å². The third-order valence-electron chi connectivity index (χ3n) is 8.25. The highest BCUT2D eigenvalue weighted by atomic mass is 14.2. The Labute approximate surface area is 238 Å². The summed E-state index contributed by atoms with van der Waals surface area (Å²) < 4.78 is 0. The summed E-state index contributed by atoms with van der Waals surface area (Å²) >= 11 is 0. The van der Waals surface area contributed by atoms with Gasteiger partial charge in [-0.15, -0.1) is 0 Å². The first-order valence-corrected chi connectivity index (χ1v) is 15.5. The Hall–Kier alpha value is -3.12. The molecule has 0 aliphatic heterocycles. The van der Waals surface area contributed by atoms with E-state index in [2.05, 4.69) is 112 Å². The highest BCUT2D eigenvalue weighted by Gasteiger charge is 2.15. The van der Waals surface area contributed by atoms with E-state index >= 15 is 0 Å². The van der Waals surface area contributed by atoms with Crippen LogP contribution in [0.1, 0.15) is 109 Å². The number of benzene rings is 4. The first-order valence-electron chi connectivity index (χ1n) is 15.5. The number of unbranched alkanes of at least 4 members (excludes halogenated alkanes) is 3. The normalized spacial score (nSPS) is 11.2. The maximum atomic E-state index is 2.40. The van der Waals surface area contributed by atoms with Crippen LogP contribution in [0.3, 0.4) is 0 Å². The van der Waals surface area contributed by atoms with Crippen LogP contribution in [0.5, 0.6) is 0 Å². The lowest BCUT2D eigenvalue weighted by Crippen LogP contribution is -2.07. The van der Waals surface area contributed by atoms with Crippen molar-refractivity contribution in [3.05, 3.63) is 141 Å². The van der Waals surface area contributed by atoms with E-state index < -0.39 is 0 Å². The van der Waals surface area contributed by atoms with Gasteiger partial charge in [0.25, 0.3) is 0 Å². The van der Waals surface area contributed by atoms with Crippen molar-refractivity contribution in [3.8, 4) is 0 Å². The van der Waals surface area contributed by atoms with Gasteiger partial charge in [-0.1, -0.05) is 131 Å². The maximum absolute atomic E-state index is 2.40. The van der Waals surface area contributed by atoms with Crippen LogP contribution in [-0.4, -0.2) is 0 Å². The summed E-state index contributed by atoms with van der Waals surface area (Å²) in [7, 11) is 0. The molecule has 0 heterocycles. The van der Waals surface area contributed by atoms with Gasteiger partial charge in [-0.3, -0.25) is 0 Å². The average molecular weight is 517 g/mol. The highest BCUT2D eigenvalue weighted by molar-refractivity contribution is 5.47. The number of aryl methyl sites for hydroxylation is 3. The van der Waals surface area contributed by atoms with Gasteiger partial charge in [0.2, 0.25) is 0 Å². The summed E-state index contributed by atoms with van der Waals surface area (Å²) in [6, 6.07) is 34.5. The molecule has 0 spiro atoms. The van der Waals surface area contributed by atoms with Gasteiger partial charge in [0, 0.05) is 0 Å².